The number of aromatic carboxylic acids is 1. The van der Waals surface area contributed by atoms with Crippen molar-refractivity contribution in [3.63, 3.8) is 0 Å². The highest BCUT2D eigenvalue weighted by Crippen LogP contribution is 2.14. The first-order valence-electron chi connectivity index (χ1n) is 4.90. The molecule has 0 aliphatic heterocycles. The predicted octanol–water partition coefficient (Wildman–Crippen LogP) is 1.42. The maximum Gasteiger partial charge on any atom is 0.335 e. The van der Waals surface area contributed by atoms with Crippen LogP contribution < -0.4 is 5.32 Å². The number of rotatable bonds is 5. The van der Waals surface area contributed by atoms with E-state index in [9.17, 15) is 13.2 Å². The lowest BCUT2D eigenvalue weighted by Crippen LogP contribution is -2.28. The molecule has 6 nitrogen and oxygen atoms in total. The van der Waals surface area contributed by atoms with Gasteiger partial charge in [0.05, 0.1) is 5.56 Å². The van der Waals surface area contributed by atoms with Crippen molar-refractivity contribution in [3.8, 4) is 0 Å². The highest BCUT2D eigenvalue weighted by molar-refractivity contribution is 7.86. The lowest BCUT2D eigenvalue weighted by atomic mass is 10.2. The maximum atomic E-state index is 10.9. The standard InChI is InChI=1S/C10H13NO5S/c1-2-9(17(14,15)16)11-8-5-3-7(4-6-8)10(12)13/h3-6,9,11H,2H2,1H3,(H,12,13)(H,14,15,16). The normalized spacial score (nSPS) is 13.1. The van der Waals surface area contributed by atoms with Gasteiger partial charge in [-0.2, -0.15) is 8.42 Å². The third-order valence-electron chi connectivity index (χ3n) is 2.19. The molecule has 1 rings (SSSR count). The molecular formula is C10H13NO5S. The van der Waals surface area contributed by atoms with E-state index in [0.717, 1.165) is 0 Å². The van der Waals surface area contributed by atoms with E-state index in [1.165, 1.54) is 24.3 Å². The molecule has 0 radical (unpaired) electrons. The van der Waals surface area contributed by atoms with Crippen LogP contribution in [0.2, 0.25) is 0 Å². The molecule has 0 saturated carbocycles. The van der Waals surface area contributed by atoms with Gasteiger partial charge in [0, 0.05) is 5.69 Å². The number of carbonyl (C=O) groups is 1. The average molecular weight is 259 g/mol. The van der Waals surface area contributed by atoms with E-state index in [4.69, 9.17) is 9.66 Å². The van der Waals surface area contributed by atoms with Gasteiger partial charge in [-0.1, -0.05) is 6.92 Å². The summed E-state index contributed by atoms with van der Waals surface area (Å²) in [6, 6.07) is 5.58. The molecule has 0 aliphatic rings. The molecule has 1 aromatic rings. The molecule has 0 saturated heterocycles. The number of benzene rings is 1. The number of carboxylic acid groups (broad SMARTS) is 1. The molecule has 0 spiro atoms. The SMILES string of the molecule is CCC(Nc1ccc(C(=O)O)cc1)S(=O)(=O)O. The van der Waals surface area contributed by atoms with Crippen molar-refractivity contribution in [2.24, 2.45) is 0 Å². The van der Waals surface area contributed by atoms with Crippen LogP contribution in [-0.4, -0.2) is 29.4 Å². The summed E-state index contributed by atoms with van der Waals surface area (Å²) in [7, 11) is -4.17. The topological polar surface area (TPSA) is 104 Å². The van der Waals surface area contributed by atoms with Crippen molar-refractivity contribution in [2.45, 2.75) is 18.7 Å². The second kappa shape index (κ2) is 5.15. The smallest absolute Gasteiger partial charge is 0.335 e. The van der Waals surface area contributed by atoms with E-state index in [-0.39, 0.29) is 12.0 Å². The van der Waals surface area contributed by atoms with Gasteiger partial charge in [-0.3, -0.25) is 4.55 Å². The molecule has 3 N–H and O–H groups in total. The largest absolute Gasteiger partial charge is 0.478 e. The van der Waals surface area contributed by atoms with Crippen molar-refractivity contribution in [1.29, 1.82) is 0 Å². The first kappa shape index (κ1) is 13.5. The van der Waals surface area contributed by atoms with E-state index >= 15 is 0 Å². The van der Waals surface area contributed by atoms with Crippen LogP contribution in [0.3, 0.4) is 0 Å². The van der Waals surface area contributed by atoms with Crippen LogP contribution in [0.1, 0.15) is 23.7 Å². The van der Waals surface area contributed by atoms with Gasteiger partial charge >= 0.3 is 5.97 Å². The van der Waals surface area contributed by atoms with Gasteiger partial charge < -0.3 is 10.4 Å². The Hall–Kier alpha value is -1.60. The van der Waals surface area contributed by atoms with E-state index < -0.39 is 21.5 Å². The molecule has 0 fully saturated rings. The molecule has 1 atom stereocenters. The fourth-order valence-corrected chi connectivity index (χ4v) is 1.99. The minimum atomic E-state index is -4.17. The van der Waals surface area contributed by atoms with Gasteiger partial charge in [-0.25, -0.2) is 4.79 Å². The van der Waals surface area contributed by atoms with Crippen LogP contribution in [-0.2, 0) is 10.1 Å². The Morgan fingerprint density at radius 3 is 2.24 bits per heavy atom. The van der Waals surface area contributed by atoms with Crippen LogP contribution in [0.25, 0.3) is 0 Å². The van der Waals surface area contributed by atoms with Gasteiger partial charge in [0.2, 0.25) is 0 Å². The van der Waals surface area contributed by atoms with Crippen molar-refractivity contribution >= 4 is 21.8 Å². The van der Waals surface area contributed by atoms with Crippen molar-refractivity contribution in [2.75, 3.05) is 5.32 Å². The molecule has 0 bridgehead atoms. The number of anilines is 1. The minimum Gasteiger partial charge on any atom is -0.478 e. The van der Waals surface area contributed by atoms with Gasteiger partial charge in [0.1, 0.15) is 0 Å². The minimum absolute atomic E-state index is 0.107. The third kappa shape index (κ3) is 3.72. The summed E-state index contributed by atoms with van der Waals surface area (Å²) in [5, 5.41) is 10.2. The lowest BCUT2D eigenvalue weighted by Gasteiger charge is -2.14. The number of nitrogens with one attached hydrogen (secondary N) is 1. The fraction of sp³-hybridized carbons (Fsp3) is 0.300. The summed E-state index contributed by atoms with van der Waals surface area (Å²) in [6.07, 6.45) is 0.194. The molecule has 94 valence electrons. The van der Waals surface area contributed by atoms with Crippen molar-refractivity contribution in [1.82, 2.24) is 0 Å². The fourth-order valence-electron chi connectivity index (χ4n) is 1.28. The van der Waals surface area contributed by atoms with Crippen LogP contribution >= 0.6 is 0 Å². The molecule has 0 aromatic heterocycles. The zero-order valence-corrected chi connectivity index (χ0v) is 9.94. The van der Waals surface area contributed by atoms with Gasteiger partial charge in [0.15, 0.2) is 5.37 Å². The summed E-state index contributed by atoms with van der Waals surface area (Å²) in [4.78, 5) is 10.6. The Bertz CT molecular complexity index is 494. The zero-order valence-electron chi connectivity index (χ0n) is 9.12. The highest BCUT2D eigenvalue weighted by atomic mass is 32.2. The molecule has 0 amide bonds. The van der Waals surface area contributed by atoms with Crippen molar-refractivity contribution < 1.29 is 22.9 Å². The summed E-state index contributed by atoms with van der Waals surface area (Å²) in [5.74, 6) is -1.06. The quantitative estimate of drug-likeness (QED) is 0.691. The Balaban J connectivity index is 2.85. The van der Waals surface area contributed by atoms with Crippen LogP contribution in [0, 0.1) is 0 Å². The average Bonchev–Trinajstić information content (AvgIpc) is 2.24. The number of carboxylic acids is 1. The Morgan fingerprint density at radius 1 is 1.35 bits per heavy atom. The van der Waals surface area contributed by atoms with Crippen molar-refractivity contribution in [3.05, 3.63) is 29.8 Å². The lowest BCUT2D eigenvalue weighted by molar-refractivity contribution is 0.0697. The van der Waals surface area contributed by atoms with E-state index in [2.05, 4.69) is 5.32 Å². The van der Waals surface area contributed by atoms with Gasteiger partial charge in [-0.05, 0) is 30.7 Å². The van der Waals surface area contributed by atoms with E-state index in [0.29, 0.717) is 5.69 Å². The Morgan fingerprint density at radius 2 is 1.88 bits per heavy atom. The van der Waals surface area contributed by atoms with Crippen LogP contribution in [0.5, 0.6) is 0 Å². The first-order valence-corrected chi connectivity index (χ1v) is 6.41. The summed E-state index contributed by atoms with van der Waals surface area (Å²) in [6.45, 7) is 1.61. The van der Waals surface area contributed by atoms with E-state index in [1.54, 1.807) is 6.92 Å². The molecule has 1 aromatic carbocycles. The molecule has 0 aliphatic carbocycles. The molecule has 1 unspecified atom stereocenters. The number of hydrogen-bond acceptors (Lipinski definition) is 4. The predicted molar refractivity (Wildman–Crippen MR) is 62.7 cm³/mol. The molecular weight excluding hydrogens is 246 g/mol. The van der Waals surface area contributed by atoms with Gasteiger partial charge in [0.25, 0.3) is 10.1 Å². The molecule has 7 heteroatoms. The maximum absolute atomic E-state index is 10.9. The summed E-state index contributed by atoms with van der Waals surface area (Å²) in [5.41, 5.74) is 0.537. The third-order valence-corrected chi connectivity index (χ3v) is 3.36. The number of hydrogen-bond donors (Lipinski definition) is 3. The second-order valence-corrected chi connectivity index (χ2v) is 5.04. The molecule has 0 heterocycles. The molecule has 17 heavy (non-hydrogen) atoms. The summed E-state index contributed by atoms with van der Waals surface area (Å²) < 4.78 is 30.8. The zero-order chi connectivity index (χ0) is 13.1. The van der Waals surface area contributed by atoms with Crippen LogP contribution in [0.4, 0.5) is 5.69 Å². The summed E-state index contributed by atoms with van der Waals surface area (Å²) >= 11 is 0. The van der Waals surface area contributed by atoms with E-state index in [1.807, 2.05) is 0 Å². The Labute approximate surface area is 99.0 Å². The highest BCUT2D eigenvalue weighted by Gasteiger charge is 2.20. The second-order valence-electron chi connectivity index (χ2n) is 3.44. The van der Waals surface area contributed by atoms with Gasteiger partial charge in [-0.15, -0.1) is 0 Å². The monoisotopic (exact) mass is 259 g/mol. The Kier molecular flexibility index (Phi) is 4.08. The van der Waals surface area contributed by atoms with Crippen LogP contribution in [0.15, 0.2) is 24.3 Å². The first-order chi connectivity index (χ1) is 7.84.